The van der Waals surface area contributed by atoms with Gasteiger partial charge in [-0.05, 0) is 23.3 Å². The predicted octanol–water partition coefficient (Wildman–Crippen LogP) is 1.59. The molecule has 0 saturated carbocycles. The van der Waals surface area contributed by atoms with Crippen molar-refractivity contribution in [1.29, 1.82) is 0 Å². The maximum atomic E-state index is 11.6. The zero-order chi connectivity index (χ0) is 16.7. The van der Waals surface area contributed by atoms with Crippen molar-refractivity contribution in [2.75, 3.05) is 12.3 Å². The van der Waals surface area contributed by atoms with Crippen molar-refractivity contribution in [3.8, 4) is 0 Å². The first kappa shape index (κ1) is 16.8. The molecule has 2 unspecified atom stereocenters. The van der Waals surface area contributed by atoms with E-state index < -0.39 is 18.3 Å². The molecule has 1 amide bonds. The molecule has 2 aromatic rings. The summed E-state index contributed by atoms with van der Waals surface area (Å²) < 4.78 is 5.02. The standard InChI is InChI=1S/C17H20N2O4/c18-14-8-6-13(7-9-14)16(21)15(20)10-19-17(22)23-11-12-4-2-1-3-5-12/h1-9,15-16,20-21H,10-11,18H2,(H,19,22). The van der Waals surface area contributed by atoms with Crippen molar-refractivity contribution in [3.63, 3.8) is 0 Å². The number of ether oxygens (including phenoxy) is 1. The Morgan fingerprint density at radius 1 is 1.09 bits per heavy atom. The number of aliphatic hydroxyl groups is 2. The summed E-state index contributed by atoms with van der Waals surface area (Å²) in [5.41, 5.74) is 7.52. The number of nitrogens with two attached hydrogens (primary N) is 1. The van der Waals surface area contributed by atoms with Crippen LogP contribution in [0.5, 0.6) is 0 Å². The van der Waals surface area contributed by atoms with Gasteiger partial charge < -0.3 is 26.0 Å². The number of aliphatic hydroxyl groups excluding tert-OH is 2. The number of amides is 1. The smallest absolute Gasteiger partial charge is 0.407 e. The molecule has 2 rings (SSSR count). The molecule has 0 aliphatic rings. The molecule has 6 heteroatoms. The minimum absolute atomic E-state index is 0.126. The Balaban J connectivity index is 1.75. The highest BCUT2D eigenvalue weighted by molar-refractivity contribution is 5.67. The van der Waals surface area contributed by atoms with Crippen molar-refractivity contribution >= 4 is 11.8 Å². The molecular formula is C17H20N2O4. The molecule has 0 radical (unpaired) electrons. The van der Waals surface area contributed by atoms with Gasteiger partial charge in [0.1, 0.15) is 18.8 Å². The van der Waals surface area contributed by atoms with Crippen LogP contribution in [0.4, 0.5) is 10.5 Å². The van der Waals surface area contributed by atoms with Crippen molar-refractivity contribution in [3.05, 3.63) is 65.7 Å². The third-order valence-electron chi connectivity index (χ3n) is 3.31. The van der Waals surface area contributed by atoms with Gasteiger partial charge in [0, 0.05) is 12.2 Å². The molecule has 5 N–H and O–H groups in total. The van der Waals surface area contributed by atoms with Gasteiger partial charge in [-0.1, -0.05) is 42.5 Å². The summed E-state index contributed by atoms with van der Waals surface area (Å²) in [4.78, 5) is 11.6. The number of carbonyl (C=O) groups is 1. The minimum atomic E-state index is -1.15. The predicted molar refractivity (Wildman–Crippen MR) is 86.5 cm³/mol. The largest absolute Gasteiger partial charge is 0.445 e. The lowest BCUT2D eigenvalue weighted by Gasteiger charge is -2.18. The van der Waals surface area contributed by atoms with Crippen LogP contribution in [0.15, 0.2) is 54.6 Å². The average Bonchev–Trinajstić information content (AvgIpc) is 2.58. The zero-order valence-electron chi connectivity index (χ0n) is 12.6. The van der Waals surface area contributed by atoms with Crippen LogP contribution in [0.25, 0.3) is 0 Å². The van der Waals surface area contributed by atoms with Gasteiger partial charge in [-0.15, -0.1) is 0 Å². The molecule has 0 heterocycles. The Bertz CT molecular complexity index is 616. The summed E-state index contributed by atoms with van der Waals surface area (Å²) in [7, 11) is 0. The second-order valence-corrected chi connectivity index (χ2v) is 5.12. The number of nitrogens with one attached hydrogen (secondary N) is 1. The molecule has 0 saturated heterocycles. The number of benzene rings is 2. The molecular weight excluding hydrogens is 296 g/mol. The fourth-order valence-electron chi connectivity index (χ4n) is 1.99. The van der Waals surface area contributed by atoms with Crippen LogP contribution < -0.4 is 11.1 Å². The maximum absolute atomic E-state index is 11.6. The molecule has 0 aromatic heterocycles. The Morgan fingerprint density at radius 2 is 1.74 bits per heavy atom. The van der Waals surface area contributed by atoms with E-state index in [4.69, 9.17) is 10.5 Å². The molecule has 0 aliphatic heterocycles. The van der Waals surface area contributed by atoms with Gasteiger partial charge in [-0.25, -0.2) is 4.79 Å². The summed E-state index contributed by atoms with van der Waals surface area (Å²) in [5, 5.41) is 22.4. The highest BCUT2D eigenvalue weighted by Crippen LogP contribution is 2.17. The first-order valence-electron chi connectivity index (χ1n) is 7.22. The van der Waals surface area contributed by atoms with Crippen LogP contribution in [0.1, 0.15) is 17.2 Å². The Morgan fingerprint density at radius 3 is 2.39 bits per heavy atom. The van der Waals surface area contributed by atoms with Crippen LogP contribution in [-0.2, 0) is 11.3 Å². The molecule has 2 aromatic carbocycles. The number of carbonyl (C=O) groups excluding carboxylic acids is 1. The number of rotatable bonds is 6. The molecule has 23 heavy (non-hydrogen) atoms. The second kappa shape index (κ2) is 8.17. The van der Waals surface area contributed by atoms with Crippen molar-refractivity contribution in [1.82, 2.24) is 5.32 Å². The summed E-state index contributed by atoms with van der Waals surface area (Å²) in [6.07, 6.45) is -2.93. The molecule has 0 spiro atoms. The lowest BCUT2D eigenvalue weighted by molar-refractivity contribution is 0.0184. The van der Waals surface area contributed by atoms with Crippen molar-refractivity contribution in [2.24, 2.45) is 0 Å². The Hall–Kier alpha value is -2.57. The number of alkyl carbamates (subject to hydrolysis) is 1. The fourth-order valence-corrected chi connectivity index (χ4v) is 1.99. The molecule has 6 nitrogen and oxygen atoms in total. The summed E-state index contributed by atoms with van der Waals surface area (Å²) >= 11 is 0. The first-order chi connectivity index (χ1) is 11.1. The lowest BCUT2D eigenvalue weighted by Crippen LogP contribution is -2.35. The monoisotopic (exact) mass is 316 g/mol. The van der Waals surface area contributed by atoms with E-state index in [-0.39, 0.29) is 13.2 Å². The van der Waals surface area contributed by atoms with E-state index in [9.17, 15) is 15.0 Å². The van der Waals surface area contributed by atoms with E-state index in [1.807, 2.05) is 30.3 Å². The SMILES string of the molecule is Nc1ccc(C(O)C(O)CNC(=O)OCc2ccccc2)cc1. The van der Waals surface area contributed by atoms with E-state index in [2.05, 4.69) is 5.32 Å². The Kier molecular flexibility index (Phi) is 5.96. The third-order valence-corrected chi connectivity index (χ3v) is 3.31. The van der Waals surface area contributed by atoms with Gasteiger partial charge in [0.05, 0.1) is 0 Å². The van der Waals surface area contributed by atoms with Crippen LogP contribution in [0, 0.1) is 0 Å². The molecule has 0 bridgehead atoms. The van der Waals surface area contributed by atoms with Crippen LogP contribution >= 0.6 is 0 Å². The fraction of sp³-hybridized carbons (Fsp3) is 0.235. The lowest BCUT2D eigenvalue weighted by atomic mass is 10.0. The van der Waals surface area contributed by atoms with E-state index >= 15 is 0 Å². The number of anilines is 1. The summed E-state index contributed by atoms with van der Waals surface area (Å²) in [5.74, 6) is 0. The molecule has 0 fully saturated rings. The van der Waals surface area contributed by atoms with Gasteiger partial charge in [0.2, 0.25) is 0 Å². The van der Waals surface area contributed by atoms with Gasteiger partial charge >= 0.3 is 6.09 Å². The molecule has 122 valence electrons. The normalized spacial score (nSPS) is 13.1. The summed E-state index contributed by atoms with van der Waals surface area (Å²) in [6.45, 7) is 0.0163. The zero-order valence-corrected chi connectivity index (χ0v) is 12.6. The van der Waals surface area contributed by atoms with Gasteiger partial charge in [-0.2, -0.15) is 0 Å². The van der Waals surface area contributed by atoms with E-state index in [0.29, 0.717) is 11.3 Å². The minimum Gasteiger partial charge on any atom is -0.445 e. The van der Waals surface area contributed by atoms with Crippen LogP contribution in [0.3, 0.4) is 0 Å². The second-order valence-electron chi connectivity index (χ2n) is 5.12. The van der Waals surface area contributed by atoms with Gasteiger partial charge in [0.25, 0.3) is 0 Å². The highest BCUT2D eigenvalue weighted by Gasteiger charge is 2.19. The van der Waals surface area contributed by atoms with Crippen LogP contribution in [-0.4, -0.2) is 29.0 Å². The van der Waals surface area contributed by atoms with Crippen molar-refractivity contribution < 1.29 is 19.7 Å². The topological polar surface area (TPSA) is 105 Å². The van der Waals surface area contributed by atoms with Crippen LogP contribution in [0.2, 0.25) is 0 Å². The summed E-state index contributed by atoms with van der Waals surface area (Å²) in [6, 6.07) is 15.8. The van der Waals surface area contributed by atoms with Gasteiger partial charge in [-0.3, -0.25) is 0 Å². The quantitative estimate of drug-likeness (QED) is 0.606. The highest BCUT2D eigenvalue weighted by atomic mass is 16.5. The third kappa shape index (κ3) is 5.28. The number of nitrogen functional groups attached to an aromatic ring is 1. The maximum Gasteiger partial charge on any atom is 0.407 e. The van der Waals surface area contributed by atoms with Gasteiger partial charge in [0.15, 0.2) is 0 Å². The molecule has 2 atom stereocenters. The Labute approximate surface area is 134 Å². The first-order valence-corrected chi connectivity index (χ1v) is 7.22. The molecule has 0 aliphatic carbocycles. The number of hydrogen-bond donors (Lipinski definition) is 4. The van der Waals surface area contributed by atoms with E-state index in [0.717, 1.165) is 5.56 Å². The number of hydrogen-bond acceptors (Lipinski definition) is 5. The average molecular weight is 316 g/mol. The van der Waals surface area contributed by atoms with E-state index in [1.54, 1.807) is 24.3 Å². The van der Waals surface area contributed by atoms with E-state index in [1.165, 1.54) is 0 Å². The van der Waals surface area contributed by atoms with Crippen molar-refractivity contribution in [2.45, 2.75) is 18.8 Å².